The number of anilines is 1. The maximum Gasteiger partial charge on any atom is 0.414 e. The van der Waals surface area contributed by atoms with Gasteiger partial charge in [-0.15, -0.1) is 0 Å². The summed E-state index contributed by atoms with van der Waals surface area (Å²) >= 11 is 5.94. The van der Waals surface area contributed by atoms with Gasteiger partial charge in [0.2, 0.25) is 11.8 Å². The maximum absolute atomic E-state index is 13.7. The van der Waals surface area contributed by atoms with Crippen LogP contribution < -0.4 is 10.6 Å². The molecular formula is C25H25ClF4N4O4. The molecule has 13 heteroatoms. The number of nitrogens with zero attached hydrogens (tertiary/aromatic N) is 2. The molecule has 0 aliphatic rings. The number of aryl methyl sites for hydroxylation is 1. The minimum atomic E-state index is -2.62. The van der Waals surface area contributed by atoms with Gasteiger partial charge in [0.05, 0.1) is 17.6 Å². The Morgan fingerprint density at radius 3 is 2.63 bits per heavy atom. The number of hydrogen-bond acceptors (Lipinski definition) is 6. The lowest BCUT2D eigenvalue weighted by Gasteiger charge is -2.28. The van der Waals surface area contributed by atoms with Crippen molar-refractivity contribution in [2.45, 2.75) is 25.3 Å². The van der Waals surface area contributed by atoms with Crippen molar-refractivity contribution in [1.29, 1.82) is 0 Å². The zero-order valence-electron chi connectivity index (χ0n) is 20.2. The van der Waals surface area contributed by atoms with Crippen molar-refractivity contribution < 1.29 is 36.4 Å². The number of carbonyl (C=O) groups excluding carboxylic acids is 2. The van der Waals surface area contributed by atoms with Gasteiger partial charge >= 0.3 is 6.09 Å². The van der Waals surface area contributed by atoms with Crippen molar-refractivity contribution in [3.05, 3.63) is 70.8 Å². The molecule has 2 N–H and O–H groups in total. The molecule has 0 saturated heterocycles. The first kappa shape index (κ1) is 28.9. The third-order valence-electron chi connectivity index (χ3n) is 5.52. The summed E-state index contributed by atoms with van der Waals surface area (Å²) in [5.41, 5.74) is 1.15. The van der Waals surface area contributed by atoms with Gasteiger partial charge < -0.3 is 19.5 Å². The largest absolute Gasteiger partial charge is 0.447 e. The molecule has 2 aromatic carbocycles. The van der Waals surface area contributed by atoms with Crippen LogP contribution in [0.2, 0.25) is 5.02 Å². The van der Waals surface area contributed by atoms with E-state index in [-0.39, 0.29) is 42.6 Å². The molecule has 0 radical (unpaired) electrons. The lowest BCUT2D eigenvalue weighted by molar-refractivity contribution is -0.132. The number of hydrogen-bond donors (Lipinski definition) is 2. The van der Waals surface area contributed by atoms with Crippen LogP contribution >= 0.6 is 11.6 Å². The summed E-state index contributed by atoms with van der Waals surface area (Å²) in [4.78, 5) is 26.3. The zero-order valence-corrected chi connectivity index (χ0v) is 21.0. The fourth-order valence-corrected chi connectivity index (χ4v) is 3.68. The second-order valence-electron chi connectivity index (χ2n) is 8.23. The summed E-state index contributed by atoms with van der Waals surface area (Å²) in [7, 11) is 1.44. The van der Waals surface area contributed by atoms with Crippen LogP contribution in [-0.4, -0.2) is 61.3 Å². The third-order valence-corrected chi connectivity index (χ3v) is 5.95. The van der Waals surface area contributed by atoms with E-state index in [9.17, 15) is 27.2 Å². The molecule has 1 heterocycles. The lowest BCUT2D eigenvalue weighted by Crippen LogP contribution is -2.47. The van der Waals surface area contributed by atoms with Crippen LogP contribution in [0.1, 0.15) is 12.0 Å². The first-order valence-electron chi connectivity index (χ1n) is 11.5. The SMILES string of the molecule is CN(C(=O)CCc1cccc(F)c1Cl)[C@@H](CNCC(F)F)COC(=O)Nc1cc(-c2cccc(F)c2)no1. The Balaban J connectivity index is 1.57. The van der Waals surface area contributed by atoms with Gasteiger partial charge in [0.15, 0.2) is 0 Å². The van der Waals surface area contributed by atoms with E-state index in [1.165, 1.54) is 48.3 Å². The highest BCUT2D eigenvalue weighted by atomic mass is 35.5. The number of amides is 2. The van der Waals surface area contributed by atoms with E-state index in [4.69, 9.17) is 20.9 Å². The lowest BCUT2D eigenvalue weighted by atomic mass is 10.1. The number of alkyl halides is 2. The number of aromatic nitrogens is 1. The van der Waals surface area contributed by atoms with Crippen LogP contribution in [0, 0.1) is 11.6 Å². The molecule has 38 heavy (non-hydrogen) atoms. The number of benzene rings is 2. The average molecular weight is 557 g/mol. The van der Waals surface area contributed by atoms with Crippen LogP contribution in [0.4, 0.5) is 28.2 Å². The Labute approximate surface area is 220 Å². The van der Waals surface area contributed by atoms with Crippen molar-refractivity contribution >= 4 is 29.5 Å². The molecule has 8 nitrogen and oxygen atoms in total. The first-order chi connectivity index (χ1) is 18.1. The molecule has 1 aromatic heterocycles. The summed E-state index contributed by atoms with van der Waals surface area (Å²) in [6, 6.07) is 10.5. The van der Waals surface area contributed by atoms with Crippen LogP contribution in [-0.2, 0) is 16.0 Å². The highest BCUT2D eigenvalue weighted by Crippen LogP contribution is 2.23. The standard InChI is InChI=1S/C25H25ClF4N4O4/c1-34(23(35)9-8-15-4-3-7-19(28)24(15)26)18(12-31-13-21(29)30)14-37-25(36)32-22-11-20(33-38-22)16-5-2-6-17(27)10-16/h2-7,10-11,18,21,31H,8-9,12-14H2,1H3,(H,32,36)/t18-/m0/s1. The van der Waals surface area contributed by atoms with Gasteiger partial charge in [-0.1, -0.05) is 41.0 Å². The van der Waals surface area contributed by atoms with Gasteiger partial charge in [0.1, 0.15) is 23.9 Å². The van der Waals surface area contributed by atoms with E-state index >= 15 is 0 Å². The van der Waals surface area contributed by atoms with E-state index in [0.717, 1.165) is 0 Å². The van der Waals surface area contributed by atoms with Crippen LogP contribution in [0.3, 0.4) is 0 Å². The van der Waals surface area contributed by atoms with Crippen molar-refractivity contribution in [3.8, 4) is 11.3 Å². The number of ether oxygens (including phenoxy) is 1. The van der Waals surface area contributed by atoms with Crippen LogP contribution in [0.15, 0.2) is 53.1 Å². The molecule has 1 atom stereocenters. The second-order valence-corrected chi connectivity index (χ2v) is 8.61. The minimum Gasteiger partial charge on any atom is -0.447 e. The monoisotopic (exact) mass is 556 g/mol. The Morgan fingerprint density at radius 1 is 1.13 bits per heavy atom. The normalized spacial score (nSPS) is 11.9. The summed E-state index contributed by atoms with van der Waals surface area (Å²) in [5.74, 6) is -1.54. The van der Waals surface area contributed by atoms with E-state index in [0.29, 0.717) is 11.1 Å². The molecule has 0 bridgehead atoms. The van der Waals surface area contributed by atoms with Gasteiger partial charge in [0.25, 0.3) is 6.43 Å². The summed E-state index contributed by atoms with van der Waals surface area (Å²) < 4.78 is 62.5. The molecule has 3 aromatic rings. The fraction of sp³-hybridized carbons (Fsp3) is 0.320. The summed E-state index contributed by atoms with van der Waals surface area (Å²) in [5, 5.41) is 8.53. The van der Waals surface area contributed by atoms with E-state index in [1.807, 2.05) is 0 Å². The number of nitrogens with one attached hydrogen (secondary N) is 2. The smallest absolute Gasteiger partial charge is 0.414 e. The average Bonchev–Trinajstić information content (AvgIpc) is 3.34. The molecular weight excluding hydrogens is 532 g/mol. The highest BCUT2D eigenvalue weighted by molar-refractivity contribution is 6.31. The van der Waals surface area contributed by atoms with Crippen molar-refractivity contribution in [3.63, 3.8) is 0 Å². The number of rotatable bonds is 12. The third kappa shape index (κ3) is 8.45. The van der Waals surface area contributed by atoms with Crippen molar-refractivity contribution in [2.75, 3.05) is 32.1 Å². The van der Waals surface area contributed by atoms with Gasteiger partial charge in [-0.25, -0.2) is 22.4 Å². The molecule has 204 valence electrons. The molecule has 0 unspecified atom stereocenters. The molecule has 0 fully saturated rings. The summed E-state index contributed by atoms with van der Waals surface area (Å²) in [6.07, 6.45) is -3.46. The Bertz CT molecular complexity index is 1240. The van der Waals surface area contributed by atoms with Crippen LogP contribution in [0.25, 0.3) is 11.3 Å². The predicted molar refractivity (Wildman–Crippen MR) is 132 cm³/mol. The van der Waals surface area contributed by atoms with Gasteiger partial charge in [-0.05, 0) is 30.2 Å². The maximum atomic E-state index is 13.7. The molecule has 0 aliphatic heterocycles. The van der Waals surface area contributed by atoms with Crippen molar-refractivity contribution in [2.24, 2.45) is 0 Å². The van der Waals surface area contributed by atoms with Gasteiger partial charge in [0, 0.05) is 31.6 Å². The molecule has 2 amide bonds. The Morgan fingerprint density at radius 2 is 1.89 bits per heavy atom. The number of likely N-dealkylation sites (N-methyl/N-ethyl adjacent to an activating group) is 1. The number of halogens is 5. The molecule has 0 aliphatic carbocycles. The first-order valence-corrected chi connectivity index (χ1v) is 11.9. The van der Waals surface area contributed by atoms with Gasteiger partial charge in [-0.3, -0.25) is 10.1 Å². The highest BCUT2D eigenvalue weighted by Gasteiger charge is 2.23. The van der Waals surface area contributed by atoms with Crippen molar-refractivity contribution in [1.82, 2.24) is 15.4 Å². The number of carbonyl (C=O) groups is 2. The predicted octanol–water partition coefficient (Wildman–Crippen LogP) is 5.14. The molecule has 3 rings (SSSR count). The van der Waals surface area contributed by atoms with E-state index in [1.54, 1.807) is 12.1 Å². The fourth-order valence-electron chi connectivity index (χ4n) is 3.46. The van der Waals surface area contributed by atoms with Crippen LogP contribution in [0.5, 0.6) is 0 Å². The van der Waals surface area contributed by atoms with E-state index in [2.05, 4.69) is 15.8 Å². The Hall–Kier alpha value is -3.64. The summed E-state index contributed by atoms with van der Waals surface area (Å²) in [6.45, 7) is -1.05. The van der Waals surface area contributed by atoms with Gasteiger partial charge in [-0.2, -0.15) is 0 Å². The minimum absolute atomic E-state index is 0.0435. The Kier molecular flexibility index (Phi) is 10.5. The quantitative estimate of drug-likeness (QED) is 0.300. The topological polar surface area (TPSA) is 96.7 Å². The van der Waals surface area contributed by atoms with E-state index < -0.39 is 42.6 Å². The zero-order chi connectivity index (χ0) is 27.7. The molecule has 0 spiro atoms. The molecule has 0 saturated carbocycles. The second kappa shape index (κ2) is 13.8.